The van der Waals surface area contributed by atoms with Crippen molar-refractivity contribution in [2.45, 2.75) is 26.9 Å². The summed E-state index contributed by atoms with van der Waals surface area (Å²) in [5.41, 5.74) is 8.94. The molecule has 0 aliphatic heterocycles. The maximum Gasteiger partial charge on any atom is 0.214 e. The fourth-order valence-electron chi connectivity index (χ4n) is 0. The lowest BCUT2D eigenvalue weighted by molar-refractivity contribution is -0.116. The quantitative estimate of drug-likeness (QED) is 0.398. The first-order valence-electron chi connectivity index (χ1n) is 3.55. The fraction of sp³-hybridized carbons (Fsp3) is 0.714. The molecule has 13 heavy (non-hydrogen) atoms. The molecule has 0 heterocycles. The smallest absolute Gasteiger partial charge is 0.214 e. The molecule has 6 heteroatoms. The molecule has 2 amide bonds. The normalized spacial score (nSPS) is 9.62. The second-order valence-corrected chi connectivity index (χ2v) is 2.25. The third-order valence-corrected chi connectivity index (χ3v) is 0.264. The molecule has 0 aromatic rings. The first-order chi connectivity index (χ1) is 5.73. The van der Waals surface area contributed by atoms with Gasteiger partial charge in [-0.15, -0.1) is 0 Å². The monoisotopic (exact) mass is 194 g/mol. The number of rotatable bonds is 1. The molecule has 0 bridgehead atoms. The minimum Gasteiger partial charge on any atom is -0.394 e. The Kier molecular flexibility index (Phi) is 18.4. The summed E-state index contributed by atoms with van der Waals surface area (Å²) in [6.45, 7) is 4.00. The first-order valence-corrected chi connectivity index (χ1v) is 3.55. The van der Waals surface area contributed by atoms with Gasteiger partial charge < -0.3 is 21.7 Å². The van der Waals surface area contributed by atoms with Crippen molar-refractivity contribution in [2.75, 3.05) is 6.61 Å². The topological polar surface area (TPSA) is 127 Å². The van der Waals surface area contributed by atoms with E-state index in [-0.39, 0.29) is 18.4 Å². The second kappa shape index (κ2) is 13.4. The molecule has 6 nitrogen and oxygen atoms in total. The number of primary amides is 2. The molecule has 1 atom stereocenters. The predicted octanol–water partition coefficient (Wildman–Crippen LogP) is -1.66. The average molecular weight is 194 g/mol. The van der Waals surface area contributed by atoms with Crippen LogP contribution in [-0.2, 0) is 9.59 Å². The summed E-state index contributed by atoms with van der Waals surface area (Å²) in [7, 11) is 0. The highest BCUT2D eigenvalue weighted by molar-refractivity contribution is 5.70. The molecule has 0 spiro atoms. The Balaban J connectivity index is -0.000000117. The molecular weight excluding hydrogens is 176 g/mol. The molecular formula is C7H18N2O4. The Morgan fingerprint density at radius 3 is 1.31 bits per heavy atom. The molecule has 0 saturated heterocycles. The zero-order chi connectivity index (χ0) is 11.4. The van der Waals surface area contributed by atoms with E-state index in [0.29, 0.717) is 0 Å². The molecule has 0 aliphatic carbocycles. The predicted molar refractivity (Wildman–Crippen MR) is 48.5 cm³/mol. The van der Waals surface area contributed by atoms with Crippen LogP contribution in [0.3, 0.4) is 0 Å². The minimum atomic E-state index is -0.560. The van der Waals surface area contributed by atoms with Gasteiger partial charge in [0, 0.05) is 13.8 Å². The van der Waals surface area contributed by atoms with Crippen molar-refractivity contribution in [3.05, 3.63) is 0 Å². The Morgan fingerprint density at radius 1 is 1.23 bits per heavy atom. The van der Waals surface area contributed by atoms with Gasteiger partial charge in [-0.3, -0.25) is 9.59 Å². The van der Waals surface area contributed by atoms with Crippen molar-refractivity contribution < 1.29 is 19.8 Å². The van der Waals surface area contributed by atoms with E-state index in [1.54, 1.807) is 0 Å². The van der Waals surface area contributed by atoms with E-state index in [1.165, 1.54) is 20.8 Å². The van der Waals surface area contributed by atoms with Crippen LogP contribution < -0.4 is 11.5 Å². The highest BCUT2D eigenvalue weighted by Crippen LogP contribution is 1.68. The second-order valence-electron chi connectivity index (χ2n) is 2.25. The van der Waals surface area contributed by atoms with Crippen LogP contribution >= 0.6 is 0 Å². The summed E-state index contributed by atoms with van der Waals surface area (Å²) < 4.78 is 0. The van der Waals surface area contributed by atoms with Crippen LogP contribution in [-0.4, -0.2) is 34.7 Å². The van der Waals surface area contributed by atoms with Gasteiger partial charge in [0.15, 0.2) is 0 Å². The van der Waals surface area contributed by atoms with Gasteiger partial charge in [0.05, 0.1) is 12.7 Å². The lowest BCUT2D eigenvalue weighted by atomic mass is 10.5. The molecule has 0 radical (unpaired) electrons. The Hall–Kier alpha value is -1.14. The molecule has 0 saturated carbocycles. The van der Waals surface area contributed by atoms with Gasteiger partial charge in [-0.05, 0) is 6.92 Å². The number of aliphatic hydroxyl groups is 2. The highest BCUT2D eigenvalue weighted by Gasteiger charge is 1.83. The van der Waals surface area contributed by atoms with Crippen LogP contribution in [0.4, 0.5) is 0 Å². The van der Waals surface area contributed by atoms with Crippen LogP contribution in [0.1, 0.15) is 20.8 Å². The van der Waals surface area contributed by atoms with Gasteiger partial charge >= 0.3 is 0 Å². The summed E-state index contributed by atoms with van der Waals surface area (Å²) in [5.74, 6) is -0.667. The number of carbonyl (C=O) groups is 2. The molecule has 1 unspecified atom stereocenters. The van der Waals surface area contributed by atoms with Crippen molar-refractivity contribution >= 4 is 11.8 Å². The van der Waals surface area contributed by atoms with E-state index in [9.17, 15) is 9.59 Å². The van der Waals surface area contributed by atoms with Crippen molar-refractivity contribution in [1.82, 2.24) is 0 Å². The zero-order valence-corrected chi connectivity index (χ0v) is 8.15. The first kappa shape index (κ1) is 17.8. The summed E-state index contributed by atoms with van der Waals surface area (Å²) in [4.78, 5) is 18.4. The van der Waals surface area contributed by atoms with E-state index < -0.39 is 6.10 Å². The number of hydrogen-bond acceptors (Lipinski definition) is 4. The average Bonchev–Trinajstić information content (AvgIpc) is 1.84. The van der Waals surface area contributed by atoms with E-state index in [1.807, 2.05) is 0 Å². The molecule has 0 rings (SSSR count). The van der Waals surface area contributed by atoms with Crippen molar-refractivity contribution in [3.63, 3.8) is 0 Å². The molecule has 0 aromatic heterocycles. The molecule has 0 aliphatic rings. The lowest BCUT2D eigenvalue weighted by Crippen LogP contribution is -2.03. The van der Waals surface area contributed by atoms with E-state index in [0.717, 1.165) is 0 Å². The maximum atomic E-state index is 9.22. The number of hydrogen-bond donors (Lipinski definition) is 4. The van der Waals surface area contributed by atoms with Gasteiger partial charge in [0.2, 0.25) is 11.8 Å². The van der Waals surface area contributed by atoms with E-state index in [4.69, 9.17) is 10.2 Å². The zero-order valence-electron chi connectivity index (χ0n) is 8.15. The Bertz CT molecular complexity index is 116. The van der Waals surface area contributed by atoms with Gasteiger partial charge in [-0.25, -0.2) is 0 Å². The Morgan fingerprint density at radius 2 is 1.31 bits per heavy atom. The summed E-state index contributed by atoms with van der Waals surface area (Å²) in [5, 5.41) is 16.0. The van der Waals surface area contributed by atoms with Crippen molar-refractivity contribution in [1.29, 1.82) is 0 Å². The van der Waals surface area contributed by atoms with Gasteiger partial charge in [0.25, 0.3) is 0 Å². The summed E-state index contributed by atoms with van der Waals surface area (Å²) in [6, 6.07) is 0. The van der Waals surface area contributed by atoms with Gasteiger partial charge in [-0.2, -0.15) is 0 Å². The third kappa shape index (κ3) is 1150. The van der Waals surface area contributed by atoms with Crippen LogP contribution in [0.25, 0.3) is 0 Å². The number of nitrogens with two attached hydrogens (primary N) is 2. The van der Waals surface area contributed by atoms with E-state index >= 15 is 0 Å². The Labute approximate surface area is 77.5 Å². The van der Waals surface area contributed by atoms with E-state index in [2.05, 4.69) is 11.5 Å². The largest absolute Gasteiger partial charge is 0.394 e. The molecule has 0 fully saturated rings. The minimum absolute atomic E-state index is 0.139. The SMILES string of the molecule is CC(N)=O.CC(N)=O.CC(O)CO. The molecule has 0 aromatic carbocycles. The standard InChI is InChI=1S/C3H8O2.2C2H5NO/c1-3(5)2-4;2*1-2(3)4/h3-5H,2H2,1H3;2*1H3,(H2,3,4). The maximum absolute atomic E-state index is 9.22. The highest BCUT2D eigenvalue weighted by atomic mass is 16.3. The number of aliphatic hydroxyl groups excluding tert-OH is 2. The third-order valence-electron chi connectivity index (χ3n) is 0.264. The van der Waals surface area contributed by atoms with Crippen molar-refractivity contribution in [3.8, 4) is 0 Å². The molecule has 6 N–H and O–H groups in total. The number of amides is 2. The van der Waals surface area contributed by atoms with Gasteiger partial charge in [-0.1, -0.05) is 0 Å². The van der Waals surface area contributed by atoms with Crippen molar-refractivity contribution in [2.24, 2.45) is 11.5 Å². The fourth-order valence-corrected chi connectivity index (χ4v) is 0. The van der Waals surface area contributed by atoms with Gasteiger partial charge in [0.1, 0.15) is 0 Å². The lowest BCUT2D eigenvalue weighted by Gasteiger charge is -1.90. The van der Waals surface area contributed by atoms with Crippen LogP contribution in [0.2, 0.25) is 0 Å². The summed E-state index contributed by atoms with van der Waals surface area (Å²) >= 11 is 0. The van der Waals surface area contributed by atoms with Crippen LogP contribution in [0.5, 0.6) is 0 Å². The van der Waals surface area contributed by atoms with Crippen LogP contribution in [0, 0.1) is 0 Å². The summed E-state index contributed by atoms with van der Waals surface area (Å²) in [6.07, 6.45) is -0.560. The van der Waals surface area contributed by atoms with Crippen LogP contribution in [0.15, 0.2) is 0 Å². The molecule has 80 valence electrons. The number of carbonyl (C=O) groups excluding carboxylic acids is 2.